The van der Waals surface area contributed by atoms with Gasteiger partial charge in [-0.1, -0.05) is 67.6 Å². The maximum absolute atomic E-state index is 12.1. The van der Waals surface area contributed by atoms with E-state index in [9.17, 15) is 9.59 Å². The van der Waals surface area contributed by atoms with Gasteiger partial charge >= 0.3 is 0 Å². The molecule has 0 saturated heterocycles. The molecule has 0 bridgehead atoms. The van der Waals surface area contributed by atoms with E-state index < -0.39 is 0 Å². The third-order valence-electron chi connectivity index (χ3n) is 4.30. The first-order valence-corrected chi connectivity index (χ1v) is 8.78. The zero-order valence-corrected chi connectivity index (χ0v) is 14.8. The van der Waals surface area contributed by atoms with E-state index in [0.29, 0.717) is 0 Å². The Labute approximate surface area is 153 Å². The van der Waals surface area contributed by atoms with Crippen molar-refractivity contribution in [1.82, 2.24) is 5.32 Å². The van der Waals surface area contributed by atoms with E-state index >= 15 is 0 Å². The van der Waals surface area contributed by atoms with Gasteiger partial charge in [-0.15, -0.1) is 0 Å². The number of amides is 2. The molecule has 0 spiro atoms. The van der Waals surface area contributed by atoms with Gasteiger partial charge in [0.05, 0.1) is 13.0 Å². The molecule has 4 heteroatoms. The molecule has 0 aliphatic heterocycles. The van der Waals surface area contributed by atoms with Gasteiger partial charge in [0, 0.05) is 5.69 Å². The van der Waals surface area contributed by atoms with E-state index in [4.69, 9.17) is 0 Å². The van der Waals surface area contributed by atoms with Crippen LogP contribution >= 0.6 is 0 Å². The van der Waals surface area contributed by atoms with Gasteiger partial charge in [0.1, 0.15) is 0 Å². The highest BCUT2D eigenvalue weighted by molar-refractivity contribution is 5.95. The molecule has 4 nitrogen and oxygen atoms in total. The zero-order valence-electron chi connectivity index (χ0n) is 14.8. The molecular weight excluding hydrogens is 324 g/mol. The standard InChI is InChI=1S/C22H22N2O2/c1-2-17-7-5-6-10-20(17)24-22(26)15-23-21(25)14-16-11-12-18-8-3-4-9-19(18)13-16/h3-13H,2,14-15H2,1H3,(H,23,25)(H,24,26). The lowest BCUT2D eigenvalue weighted by atomic mass is 10.0. The largest absolute Gasteiger partial charge is 0.347 e. The van der Waals surface area contributed by atoms with Crippen LogP contribution in [-0.4, -0.2) is 18.4 Å². The molecule has 3 rings (SSSR count). The van der Waals surface area contributed by atoms with Crippen LogP contribution in [0.1, 0.15) is 18.1 Å². The molecule has 132 valence electrons. The average molecular weight is 346 g/mol. The number of benzene rings is 3. The van der Waals surface area contributed by atoms with Crippen molar-refractivity contribution in [2.24, 2.45) is 0 Å². The molecule has 0 aliphatic carbocycles. The number of carbonyl (C=O) groups is 2. The fraction of sp³-hybridized carbons (Fsp3) is 0.182. The number of hydrogen-bond acceptors (Lipinski definition) is 2. The van der Waals surface area contributed by atoms with Crippen LogP contribution in [0.2, 0.25) is 0 Å². The summed E-state index contributed by atoms with van der Waals surface area (Å²) in [6, 6.07) is 21.7. The van der Waals surface area contributed by atoms with Crippen molar-refractivity contribution in [3.05, 3.63) is 77.9 Å². The summed E-state index contributed by atoms with van der Waals surface area (Å²) in [6.07, 6.45) is 1.09. The number of anilines is 1. The Morgan fingerprint density at radius 1 is 0.846 bits per heavy atom. The molecule has 0 radical (unpaired) electrons. The summed E-state index contributed by atoms with van der Waals surface area (Å²) in [5, 5.41) is 7.78. The lowest BCUT2D eigenvalue weighted by Crippen LogP contribution is -2.33. The smallest absolute Gasteiger partial charge is 0.243 e. The van der Waals surface area contributed by atoms with Crippen molar-refractivity contribution in [1.29, 1.82) is 0 Å². The number of carbonyl (C=O) groups excluding carboxylic acids is 2. The molecule has 3 aromatic carbocycles. The quantitative estimate of drug-likeness (QED) is 0.715. The molecule has 0 saturated carbocycles. The minimum absolute atomic E-state index is 0.0372. The first-order valence-electron chi connectivity index (χ1n) is 8.78. The number of para-hydroxylation sites is 1. The van der Waals surface area contributed by atoms with Crippen LogP contribution in [-0.2, 0) is 22.4 Å². The molecule has 0 atom stereocenters. The monoisotopic (exact) mass is 346 g/mol. The summed E-state index contributed by atoms with van der Waals surface area (Å²) in [5.41, 5.74) is 2.80. The Balaban J connectivity index is 1.53. The lowest BCUT2D eigenvalue weighted by molar-refractivity contribution is -0.123. The summed E-state index contributed by atoms with van der Waals surface area (Å²) in [7, 11) is 0. The van der Waals surface area contributed by atoms with Gasteiger partial charge in [0.15, 0.2) is 0 Å². The van der Waals surface area contributed by atoms with Crippen molar-refractivity contribution in [3.8, 4) is 0 Å². The number of aryl methyl sites for hydroxylation is 1. The van der Waals surface area contributed by atoms with Crippen molar-refractivity contribution < 1.29 is 9.59 Å². The molecule has 0 heterocycles. The Morgan fingerprint density at radius 2 is 1.58 bits per heavy atom. The topological polar surface area (TPSA) is 58.2 Å². The van der Waals surface area contributed by atoms with E-state index in [1.165, 1.54) is 0 Å². The van der Waals surface area contributed by atoms with Crippen molar-refractivity contribution in [3.63, 3.8) is 0 Å². The highest BCUT2D eigenvalue weighted by Crippen LogP contribution is 2.16. The third kappa shape index (κ3) is 4.48. The second-order valence-corrected chi connectivity index (χ2v) is 6.19. The highest BCUT2D eigenvalue weighted by atomic mass is 16.2. The second-order valence-electron chi connectivity index (χ2n) is 6.19. The normalized spacial score (nSPS) is 10.5. The van der Waals surface area contributed by atoms with Gasteiger partial charge in [0.2, 0.25) is 11.8 Å². The first-order chi connectivity index (χ1) is 12.7. The van der Waals surface area contributed by atoms with E-state index in [1.54, 1.807) is 0 Å². The zero-order chi connectivity index (χ0) is 18.4. The van der Waals surface area contributed by atoms with Gasteiger partial charge in [-0.25, -0.2) is 0 Å². The molecule has 0 fully saturated rings. The van der Waals surface area contributed by atoms with Gasteiger partial charge < -0.3 is 10.6 Å². The Morgan fingerprint density at radius 3 is 2.38 bits per heavy atom. The lowest BCUT2D eigenvalue weighted by Gasteiger charge is -2.10. The van der Waals surface area contributed by atoms with E-state index in [-0.39, 0.29) is 24.8 Å². The molecule has 3 aromatic rings. The van der Waals surface area contributed by atoms with Gasteiger partial charge in [-0.2, -0.15) is 0 Å². The van der Waals surface area contributed by atoms with Crippen LogP contribution in [0.3, 0.4) is 0 Å². The van der Waals surface area contributed by atoms with Crippen LogP contribution in [0.5, 0.6) is 0 Å². The maximum Gasteiger partial charge on any atom is 0.243 e. The van der Waals surface area contributed by atoms with Crippen LogP contribution in [0.15, 0.2) is 66.7 Å². The van der Waals surface area contributed by atoms with Crippen LogP contribution in [0, 0.1) is 0 Å². The van der Waals surface area contributed by atoms with Gasteiger partial charge in [0.25, 0.3) is 0 Å². The minimum atomic E-state index is -0.224. The van der Waals surface area contributed by atoms with Crippen molar-refractivity contribution in [2.75, 3.05) is 11.9 Å². The van der Waals surface area contributed by atoms with Crippen LogP contribution in [0.4, 0.5) is 5.69 Å². The third-order valence-corrected chi connectivity index (χ3v) is 4.30. The van der Waals surface area contributed by atoms with Gasteiger partial charge in [-0.05, 0) is 34.4 Å². The summed E-state index contributed by atoms with van der Waals surface area (Å²) in [4.78, 5) is 24.2. The predicted molar refractivity (Wildman–Crippen MR) is 105 cm³/mol. The fourth-order valence-corrected chi connectivity index (χ4v) is 2.92. The molecule has 2 amide bonds. The van der Waals surface area contributed by atoms with E-state index in [2.05, 4.69) is 10.6 Å². The number of fused-ring (bicyclic) bond motifs is 1. The minimum Gasteiger partial charge on any atom is -0.347 e. The molecule has 26 heavy (non-hydrogen) atoms. The molecule has 0 aliphatic rings. The number of rotatable bonds is 6. The van der Waals surface area contributed by atoms with Crippen LogP contribution in [0.25, 0.3) is 10.8 Å². The SMILES string of the molecule is CCc1ccccc1NC(=O)CNC(=O)Cc1ccc2ccccc2c1. The fourth-order valence-electron chi connectivity index (χ4n) is 2.92. The van der Waals surface area contributed by atoms with Crippen molar-refractivity contribution >= 4 is 28.3 Å². The highest BCUT2D eigenvalue weighted by Gasteiger charge is 2.09. The summed E-state index contributed by atoms with van der Waals surface area (Å²) >= 11 is 0. The van der Waals surface area contributed by atoms with Gasteiger partial charge in [-0.3, -0.25) is 9.59 Å². The van der Waals surface area contributed by atoms with Crippen LogP contribution < -0.4 is 10.6 Å². The first kappa shape index (κ1) is 17.7. The molecule has 0 unspecified atom stereocenters. The predicted octanol–water partition coefficient (Wildman–Crippen LogP) is 3.70. The number of hydrogen-bond donors (Lipinski definition) is 2. The summed E-state index contributed by atoms with van der Waals surface area (Å²) < 4.78 is 0. The summed E-state index contributed by atoms with van der Waals surface area (Å²) in [5.74, 6) is -0.392. The average Bonchev–Trinajstić information content (AvgIpc) is 2.67. The summed E-state index contributed by atoms with van der Waals surface area (Å²) in [6.45, 7) is 2.00. The second kappa shape index (κ2) is 8.30. The van der Waals surface area contributed by atoms with E-state index in [0.717, 1.165) is 34.0 Å². The maximum atomic E-state index is 12.1. The Hall–Kier alpha value is -3.14. The van der Waals surface area contributed by atoms with E-state index in [1.807, 2.05) is 73.7 Å². The number of nitrogens with one attached hydrogen (secondary N) is 2. The molecular formula is C22H22N2O2. The Bertz CT molecular complexity index is 934. The van der Waals surface area contributed by atoms with Crippen molar-refractivity contribution in [2.45, 2.75) is 19.8 Å². The Kier molecular flexibility index (Phi) is 5.64. The molecule has 2 N–H and O–H groups in total. The molecule has 0 aromatic heterocycles.